The number of ether oxygens (including phenoxy) is 1. The van der Waals surface area contributed by atoms with Gasteiger partial charge in [-0.05, 0) is 6.42 Å². The molecule has 5 heteroatoms. The average molecular weight is 218 g/mol. The van der Waals surface area contributed by atoms with Gasteiger partial charge in [-0.15, -0.1) is 0 Å². The van der Waals surface area contributed by atoms with Crippen molar-refractivity contribution < 1.29 is 18.4 Å². The van der Waals surface area contributed by atoms with Gasteiger partial charge in [-0.3, -0.25) is 0 Å². The van der Waals surface area contributed by atoms with Crippen molar-refractivity contribution in [3.63, 3.8) is 0 Å². The molecule has 0 saturated heterocycles. The highest BCUT2D eigenvalue weighted by molar-refractivity contribution is 6.46. The van der Waals surface area contributed by atoms with Crippen LogP contribution in [0.5, 0.6) is 0 Å². The molecule has 0 N–H and O–H groups in total. The molecule has 0 radical (unpaired) electrons. The standard InChI is InChI=1S/C9H18O4Si/c1-5-6-13-9(10)8(2)7-14(11-3)12-4/h14H,2,5-7H2,1,3-4H3. The monoisotopic (exact) mass is 218 g/mol. The molecular formula is C9H18O4Si. The molecule has 0 bridgehead atoms. The van der Waals surface area contributed by atoms with Gasteiger partial charge in [0.1, 0.15) is 0 Å². The zero-order chi connectivity index (χ0) is 11.0. The Morgan fingerprint density at radius 1 is 1.36 bits per heavy atom. The molecule has 0 fully saturated rings. The zero-order valence-electron chi connectivity index (χ0n) is 9.04. The van der Waals surface area contributed by atoms with Gasteiger partial charge in [-0.2, -0.15) is 0 Å². The largest absolute Gasteiger partial charge is 0.462 e. The van der Waals surface area contributed by atoms with E-state index in [-0.39, 0.29) is 5.97 Å². The maximum absolute atomic E-state index is 11.3. The highest BCUT2D eigenvalue weighted by Crippen LogP contribution is 2.07. The summed E-state index contributed by atoms with van der Waals surface area (Å²) in [5.41, 5.74) is 0.429. The fourth-order valence-corrected chi connectivity index (χ4v) is 1.94. The summed E-state index contributed by atoms with van der Waals surface area (Å²) in [4.78, 5) is 11.3. The molecule has 0 aliphatic heterocycles. The van der Waals surface area contributed by atoms with Crippen molar-refractivity contribution in [2.45, 2.75) is 19.4 Å². The van der Waals surface area contributed by atoms with Crippen molar-refractivity contribution >= 4 is 15.3 Å². The molecular weight excluding hydrogens is 200 g/mol. The number of esters is 1. The van der Waals surface area contributed by atoms with Crippen LogP contribution in [0.3, 0.4) is 0 Å². The molecule has 0 aliphatic rings. The van der Waals surface area contributed by atoms with Crippen molar-refractivity contribution in [2.75, 3.05) is 20.8 Å². The number of rotatable bonds is 7. The molecule has 0 rings (SSSR count). The lowest BCUT2D eigenvalue weighted by Gasteiger charge is -2.11. The van der Waals surface area contributed by atoms with Crippen LogP contribution in [0.4, 0.5) is 0 Å². The van der Waals surface area contributed by atoms with Crippen molar-refractivity contribution in [2.24, 2.45) is 0 Å². The van der Waals surface area contributed by atoms with Gasteiger partial charge in [0.05, 0.1) is 6.61 Å². The van der Waals surface area contributed by atoms with E-state index in [0.29, 0.717) is 18.2 Å². The summed E-state index contributed by atoms with van der Waals surface area (Å²) >= 11 is 0. The first-order valence-electron chi connectivity index (χ1n) is 4.56. The first-order valence-corrected chi connectivity index (χ1v) is 6.32. The summed E-state index contributed by atoms with van der Waals surface area (Å²) in [6, 6.07) is 0.468. The molecule has 0 aromatic rings. The second-order valence-electron chi connectivity index (χ2n) is 2.84. The van der Waals surface area contributed by atoms with Crippen molar-refractivity contribution in [1.29, 1.82) is 0 Å². The third-order valence-corrected chi connectivity index (χ3v) is 3.54. The zero-order valence-corrected chi connectivity index (χ0v) is 10.2. The smallest absolute Gasteiger partial charge is 0.333 e. The number of hydrogen-bond donors (Lipinski definition) is 0. The van der Waals surface area contributed by atoms with E-state index in [0.717, 1.165) is 6.42 Å². The fraction of sp³-hybridized carbons (Fsp3) is 0.667. The molecule has 0 atom stereocenters. The minimum atomic E-state index is -1.74. The normalized spacial score (nSPS) is 10.3. The van der Waals surface area contributed by atoms with Gasteiger partial charge in [0.2, 0.25) is 0 Å². The summed E-state index contributed by atoms with van der Waals surface area (Å²) < 4.78 is 15.1. The maximum Gasteiger partial charge on any atom is 0.333 e. The molecule has 0 aliphatic carbocycles. The summed E-state index contributed by atoms with van der Waals surface area (Å²) in [7, 11) is 1.41. The van der Waals surface area contributed by atoms with Crippen molar-refractivity contribution in [3.8, 4) is 0 Å². The quantitative estimate of drug-likeness (QED) is 0.363. The van der Waals surface area contributed by atoms with E-state index in [4.69, 9.17) is 13.6 Å². The summed E-state index contributed by atoms with van der Waals surface area (Å²) in [6.45, 7) is 6.02. The van der Waals surface area contributed by atoms with E-state index in [1.54, 1.807) is 14.2 Å². The van der Waals surface area contributed by atoms with Gasteiger partial charge in [0.15, 0.2) is 0 Å². The highest BCUT2D eigenvalue weighted by atomic mass is 28.3. The number of carbonyl (C=O) groups excluding carboxylic acids is 1. The van der Waals surface area contributed by atoms with Crippen LogP contribution < -0.4 is 0 Å². The lowest BCUT2D eigenvalue weighted by molar-refractivity contribution is -0.138. The van der Waals surface area contributed by atoms with Crippen LogP contribution in [-0.4, -0.2) is 36.1 Å². The van der Waals surface area contributed by atoms with Gasteiger partial charge in [0, 0.05) is 25.8 Å². The van der Waals surface area contributed by atoms with Crippen LogP contribution in [0.2, 0.25) is 6.04 Å². The lowest BCUT2D eigenvalue weighted by atomic mass is 10.3. The van der Waals surface area contributed by atoms with Gasteiger partial charge in [-0.1, -0.05) is 13.5 Å². The predicted molar refractivity (Wildman–Crippen MR) is 56.4 cm³/mol. The van der Waals surface area contributed by atoms with E-state index in [1.165, 1.54) is 0 Å². The molecule has 0 aromatic heterocycles. The molecule has 0 aromatic carbocycles. The van der Waals surface area contributed by atoms with E-state index in [1.807, 2.05) is 6.92 Å². The van der Waals surface area contributed by atoms with E-state index in [2.05, 4.69) is 6.58 Å². The summed E-state index contributed by atoms with van der Waals surface area (Å²) in [5.74, 6) is -0.349. The Labute approximate surface area is 86.7 Å². The first kappa shape index (κ1) is 13.3. The molecule has 0 spiro atoms. The van der Waals surface area contributed by atoms with Crippen LogP contribution in [0.15, 0.2) is 12.2 Å². The van der Waals surface area contributed by atoms with E-state index < -0.39 is 9.28 Å². The van der Waals surface area contributed by atoms with Gasteiger partial charge < -0.3 is 13.6 Å². The predicted octanol–water partition coefficient (Wildman–Crippen LogP) is 1.01. The van der Waals surface area contributed by atoms with E-state index >= 15 is 0 Å². The third-order valence-electron chi connectivity index (χ3n) is 1.66. The van der Waals surface area contributed by atoms with Crippen LogP contribution in [0.1, 0.15) is 13.3 Å². The van der Waals surface area contributed by atoms with Crippen LogP contribution in [0, 0.1) is 0 Å². The molecule has 0 unspecified atom stereocenters. The van der Waals surface area contributed by atoms with Crippen LogP contribution in [-0.2, 0) is 18.4 Å². The molecule has 82 valence electrons. The summed E-state index contributed by atoms with van der Waals surface area (Å²) in [6.07, 6.45) is 0.814. The average Bonchev–Trinajstić information content (AvgIpc) is 2.21. The van der Waals surface area contributed by atoms with Crippen LogP contribution in [0.25, 0.3) is 0 Å². The molecule has 14 heavy (non-hydrogen) atoms. The Hall–Kier alpha value is -0.653. The Bertz CT molecular complexity index is 189. The topological polar surface area (TPSA) is 44.8 Å². The second-order valence-corrected chi connectivity index (χ2v) is 5.05. The lowest BCUT2D eigenvalue weighted by Crippen LogP contribution is -2.22. The molecule has 0 amide bonds. The van der Waals surface area contributed by atoms with E-state index in [9.17, 15) is 4.79 Å². The SMILES string of the molecule is C=C(C[SiH](OC)OC)C(=O)OCCC. The fourth-order valence-electron chi connectivity index (χ4n) is 0.844. The molecule has 0 saturated carbocycles. The number of carbonyl (C=O) groups is 1. The minimum absolute atomic E-state index is 0.349. The van der Waals surface area contributed by atoms with Crippen molar-refractivity contribution in [1.82, 2.24) is 0 Å². The second kappa shape index (κ2) is 7.72. The highest BCUT2D eigenvalue weighted by Gasteiger charge is 2.17. The minimum Gasteiger partial charge on any atom is -0.462 e. The van der Waals surface area contributed by atoms with Gasteiger partial charge in [-0.25, -0.2) is 4.79 Å². The maximum atomic E-state index is 11.3. The summed E-state index contributed by atoms with van der Waals surface area (Å²) in [5, 5.41) is 0. The van der Waals surface area contributed by atoms with Crippen LogP contribution >= 0.6 is 0 Å². The molecule has 4 nitrogen and oxygen atoms in total. The molecule has 0 heterocycles. The Kier molecular flexibility index (Phi) is 7.36. The van der Waals surface area contributed by atoms with Gasteiger partial charge >= 0.3 is 15.3 Å². The Balaban J connectivity index is 3.87. The number of hydrogen-bond acceptors (Lipinski definition) is 4. The Morgan fingerprint density at radius 3 is 2.36 bits per heavy atom. The van der Waals surface area contributed by atoms with Crippen molar-refractivity contribution in [3.05, 3.63) is 12.2 Å². The third kappa shape index (κ3) is 5.16. The first-order chi connectivity index (χ1) is 6.65. The Morgan fingerprint density at radius 2 is 1.93 bits per heavy atom. The van der Waals surface area contributed by atoms with Gasteiger partial charge in [0.25, 0.3) is 0 Å².